The van der Waals surface area contributed by atoms with Crippen molar-refractivity contribution in [2.45, 2.75) is 39.2 Å². The highest BCUT2D eigenvalue weighted by atomic mass is 32.1. The molecule has 1 aromatic heterocycles. The molecule has 1 aromatic carbocycles. The Morgan fingerprint density at radius 3 is 2.40 bits per heavy atom. The van der Waals surface area contributed by atoms with Crippen molar-refractivity contribution in [1.82, 2.24) is 4.98 Å². The maximum Gasteiger partial charge on any atom is 0.123 e. The average Bonchev–Trinajstić information content (AvgIpc) is 2.96. The van der Waals surface area contributed by atoms with Crippen LogP contribution in [0.4, 0.5) is 0 Å². The Morgan fingerprint density at radius 2 is 1.88 bits per heavy atom. The summed E-state index contributed by atoms with van der Waals surface area (Å²) in [6, 6.07) is 3.34. The van der Waals surface area contributed by atoms with Crippen LogP contribution in [0.25, 0.3) is 10.4 Å². The number of rotatable bonds is 3. The van der Waals surface area contributed by atoms with Gasteiger partial charge in [-0.2, -0.15) is 0 Å². The van der Waals surface area contributed by atoms with E-state index in [4.69, 9.17) is 0 Å². The molecule has 3 N–H and O–H groups in total. The molecule has 0 saturated carbocycles. The monoisotopic (exact) mass is 357 g/mol. The van der Waals surface area contributed by atoms with Gasteiger partial charge in [-0.05, 0) is 50.8 Å². The number of aromatic nitrogens is 1. The van der Waals surface area contributed by atoms with Crippen molar-refractivity contribution in [2.75, 3.05) is 0 Å². The molecule has 2 aromatic rings. The van der Waals surface area contributed by atoms with E-state index in [1.807, 2.05) is 26.8 Å². The molecule has 1 aliphatic rings. The Balaban J connectivity index is 2.08. The van der Waals surface area contributed by atoms with Crippen LogP contribution in [-0.2, 0) is 0 Å². The minimum Gasteiger partial charge on any atom is -0.507 e. The van der Waals surface area contributed by atoms with Crippen LogP contribution in [0, 0.1) is 12.8 Å². The van der Waals surface area contributed by atoms with Gasteiger partial charge in [0.05, 0.1) is 16.0 Å². The van der Waals surface area contributed by atoms with E-state index in [0.29, 0.717) is 12.0 Å². The Morgan fingerprint density at radius 1 is 1.24 bits per heavy atom. The molecule has 0 amide bonds. The predicted octanol–water partition coefficient (Wildman–Crippen LogP) is 4.52. The molecule has 3 rings (SSSR count). The third kappa shape index (κ3) is 3.34. The fourth-order valence-corrected chi connectivity index (χ4v) is 4.24. The SMILES string of the molecule is C=C(C)C1CC(O)C(C)=CC1c1c(O)cc(-c2cnc(C)s2)cc1O. The van der Waals surface area contributed by atoms with Crippen LogP contribution < -0.4 is 0 Å². The second kappa shape index (κ2) is 6.65. The van der Waals surface area contributed by atoms with Gasteiger partial charge in [0, 0.05) is 23.2 Å². The lowest BCUT2D eigenvalue weighted by Crippen LogP contribution is -2.26. The summed E-state index contributed by atoms with van der Waals surface area (Å²) in [5.41, 5.74) is 3.01. The van der Waals surface area contributed by atoms with E-state index in [-0.39, 0.29) is 23.3 Å². The number of aryl methyl sites for hydroxylation is 1. The fourth-order valence-electron chi connectivity index (χ4n) is 3.48. The molecule has 0 aliphatic heterocycles. The summed E-state index contributed by atoms with van der Waals surface area (Å²) in [5, 5.41) is 32.4. The molecule has 25 heavy (non-hydrogen) atoms. The standard InChI is InChI=1S/C20H23NO3S/c1-10(2)14-8-16(22)11(3)5-15(14)20-17(23)6-13(7-18(20)24)19-9-21-12(4)25-19/h5-7,9,14-16,22-24H,1,8H2,2-4H3. The molecule has 5 heteroatoms. The molecule has 0 fully saturated rings. The molecule has 3 atom stereocenters. The number of thiazole rings is 1. The predicted molar refractivity (Wildman–Crippen MR) is 101 cm³/mol. The van der Waals surface area contributed by atoms with Gasteiger partial charge < -0.3 is 15.3 Å². The van der Waals surface area contributed by atoms with Gasteiger partial charge in [0.1, 0.15) is 11.5 Å². The van der Waals surface area contributed by atoms with Gasteiger partial charge in [-0.15, -0.1) is 11.3 Å². The summed E-state index contributed by atoms with van der Waals surface area (Å²) in [5.74, 6) is -0.138. The van der Waals surface area contributed by atoms with Crippen LogP contribution in [0.1, 0.15) is 36.8 Å². The van der Waals surface area contributed by atoms with Gasteiger partial charge >= 0.3 is 0 Å². The zero-order valence-corrected chi connectivity index (χ0v) is 15.5. The number of hydrogen-bond donors (Lipinski definition) is 3. The first-order valence-corrected chi connectivity index (χ1v) is 9.10. The average molecular weight is 357 g/mol. The van der Waals surface area contributed by atoms with Crippen LogP contribution in [-0.4, -0.2) is 26.4 Å². The zero-order chi connectivity index (χ0) is 18.3. The first-order chi connectivity index (χ1) is 11.8. The van der Waals surface area contributed by atoms with Crippen molar-refractivity contribution in [2.24, 2.45) is 5.92 Å². The molecule has 1 aliphatic carbocycles. The third-order valence-electron chi connectivity index (χ3n) is 4.89. The largest absolute Gasteiger partial charge is 0.507 e. The van der Waals surface area contributed by atoms with E-state index < -0.39 is 6.10 Å². The number of nitrogens with zero attached hydrogens (tertiary/aromatic N) is 1. The van der Waals surface area contributed by atoms with Gasteiger partial charge in [-0.3, -0.25) is 0 Å². The van der Waals surface area contributed by atoms with Gasteiger partial charge in [0.15, 0.2) is 0 Å². The number of hydrogen-bond acceptors (Lipinski definition) is 5. The van der Waals surface area contributed by atoms with Crippen molar-refractivity contribution in [1.29, 1.82) is 0 Å². The smallest absolute Gasteiger partial charge is 0.123 e. The van der Waals surface area contributed by atoms with Crippen LogP contribution in [0.15, 0.2) is 42.1 Å². The Bertz CT molecular complexity index is 829. The second-order valence-electron chi connectivity index (χ2n) is 6.81. The molecule has 132 valence electrons. The Labute approximate surface area is 151 Å². The van der Waals surface area contributed by atoms with Gasteiger partial charge in [-0.1, -0.05) is 18.2 Å². The highest BCUT2D eigenvalue weighted by Crippen LogP contribution is 2.47. The van der Waals surface area contributed by atoms with E-state index in [1.165, 1.54) is 11.3 Å². The highest BCUT2D eigenvalue weighted by molar-refractivity contribution is 7.15. The first kappa shape index (κ1) is 17.7. The third-order valence-corrected chi connectivity index (χ3v) is 5.85. The Kier molecular flexibility index (Phi) is 4.71. The van der Waals surface area contributed by atoms with E-state index in [0.717, 1.165) is 26.6 Å². The van der Waals surface area contributed by atoms with Crippen molar-refractivity contribution in [3.63, 3.8) is 0 Å². The van der Waals surface area contributed by atoms with Crippen molar-refractivity contribution in [3.8, 4) is 21.9 Å². The van der Waals surface area contributed by atoms with Gasteiger partial charge in [-0.25, -0.2) is 4.98 Å². The van der Waals surface area contributed by atoms with E-state index in [9.17, 15) is 15.3 Å². The fraction of sp³-hybridized carbons (Fsp3) is 0.350. The van der Waals surface area contributed by atoms with Crippen molar-refractivity contribution >= 4 is 11.3 Å². The second-order valence-corrected chi connectivity index (χ2v) is 8.05. The molecule has 0 bridgehead atoms. The summed E-state index contributed by atoms with van der Waals surface area (Å²) in [6.45, 7) is 9.74. The van der Waals surface area contributed by atoms with Gasteiger partial charge in [0.2, 0.25) is 0 Å². The normalized spacial score (nSPS) is 23.4. The van der Waals surface area contributed by atoms with Crippen molar-refractivity contribution < 1.29 is 15.3 Å². The molecule has 3 unspecified atom stereocenters. The number of aromatic hydroxyl groups is 2. The van der Waals surface area contributed by atoms with Crippen LogP contribution >= 0.6 is 11.3 Å². The van der Waals surface area contributed by atoms with Crippen LogP contribution in [0.5, 0.6) is 11.5 Å². The lowest BCUT2D eigenvalue weighted by atomic mass is 9.72. The molecule has 1 heterocycles. The van der Waals surface area contributed by atoms with Crippen LogP contribution in [0.3, 0.4) is 0 Å². The maximum atomic E-state index is 10.6. The zero-order valence-electron chi connectivity index (χ0n) is 14.7. The lowest BCUT2D eigenvalue weighted by molar-refractivity contribution is 0.168. The van der Waals surface area contributed by atoms with E-state index in [2.05, 4.69) is 11.6 Å². The minimum absolute atomic E-state index is 0.0352. The molecular weight excluding hydrogens is 334 g/mol. The van der Waals surface area contributed by atoms with Crippen molar-refractivity contribution in [3.05, 3.63) is 52.7 Å². The molecule has 0 saturated heterocycles. The molecule has 0 radical (unpaired) electrons. The molecular formula is C20H23NO3S. The van der Waals surface area contributed by atoms with E-state index >= 15 is 0 Å². The number of aliphatic hydroxyl groups excluding tert-OH is 1. The minimum atomic E-state index is -0.512. The summed E-state index contributed by atoms with van der Waals surface area (Å²) in [4.78, 5) is 5.12. The summed E-state index contributed by atoms with van der Waals surface area (Å²) in [6.07, 6.45) is 3.70. The molecule has 4 nitrogen and oxygen atoms in total. The maximum absolute atomic E-state index is 10.6. The number of benzene rings is 1. The first-order valence-electron chi connectivity index (χ1n) is 8.28. The number of aliphatic hydroxyl groups is 1. The number of allylic oxidation sites excluding steroid dienone is 2. The molecule has 0 spiro atoms. The lowest BCUT2D eigenvalue weighted by Gasteiger charge is -2.34. The summed E-state index contributed by atoms with van der Waals surface area (Å²) >= 11 is 1.51. The van der Waals surface area contributed by atoms with Crippen LogP contribution in [0.2, 0.25) is 0 Å². The highest BCUT2D eigenvalue weighted by Gasteiger charge is 2.33. The Hall–Kier alpha value is -2.11. The number of phenolic OH excluding ortho intramolecular Hbond substituents is 2. The van der Waals surface area contributed by atoms with Gasteiger partial charge in [0.25, 0.3) is 0 Å². The van der Waals surface area contributed by atoms with E-state index in [1.54, 1.807) is 18.3 Å². The summed E-state index contributed by atoms with van der Waals surface area (Å²) < 4.78 is 0. The number of phenols is 2. The quantitative estimate of drug-likeness (QED) is 0.706. The summed E-state index contributed by atoms with van der Waals surface area (Å²) in [7, 11) is 0. The topological polar surface area (TPSA) is 73.6 Å².